The van der Waals surface area contributed by atoms with Crippen LogP contribution in [0.4, 0.5) is 4.79 Å². The van der Waals surface area contributed by atoms with Gasteiger partial charge in [0.15, 0.2) is 5.54 Å². The maximum atomic E-state index is 13.3. The number of amides is 4. The van der Waals surface area contributed by atoms with Gasteiger partial charge in [-0.2, -0.15) is 0 Å². The molecule has 1 fully saturated rings. The van der Waals surface area contributed by atoms with Crippen molar-refractivity contribution in [2.24, 2.45) is 0 Å². The fraction of sp³-hybridized carbons (Fsp3) is 0.286. The van der Waals surface area contributed by atoms with E-state index in [0.29, 0.717) is 25.1 Å². The molecule has 0 aliphatic carbocycles. The van der Waals surface area contributed by atoms with Gasteiger partial charge in [-0.15, -0.1) is 0 Å². The number of nitrogens with one attached hydrogen (secondary N) is 2. The van der Waals surface area contributed by atoms with E-state index >= 15 is 0 Å². The Morgan fingerprint density at radius 1 is 1.07 bits per heavy atom. The summed E-state index contributed by atoms with van der Waals surface area (Å²) in [5, 5.41) is 5.47. The SMILES string of the molecule is COCCNC(=O)CN1C(=O)NC(Cc2ccccc2)(c2ccccc2)C1=O. The summed E-state index contributed by atoms with van der Waals surface area (Å²) >= 11 is 0. The zero-order chi connectivity index (χ0) is 20.0. The highest BCUT2D eigenvalue weighted by Gasteiger charge is 2.52. The molecule has 3 rings (SSSR count). The second-order valence-corrected chi connectivity index (χ2v) is 6.60. The third kappa shape index (κ3) is 4.04. The summed E-state index contributed by atoms with van der Waals surface area (Å²) in [5.74, 6) is -0.849. The van der Waals surface area contributed by atoms with E-state index in [1.54, 1.807) is 0 Å². The van der Waals surface area contributed by atoms with Gasteiger partial charge in [-0.3, -0.25) is 14.5 Å². The van der Waals surface area contributed by atoms with Gasteiger partial charge in [0.1, 0.15) is 6.54 Å². The Morgan fingerprint density at radius 2 is 1.71 bits per heavy atom. The molecule has 0 radical (unpaired) electrons. The van der Waals surface area contributed by atoms with E-state index in [2.05, 4.69) is 10.6 Å². The minimum Gasteiger partial charge on any atom is -0.383 e. The highest BCUT2D eigenvalue weighted by Crippen LogP contribution is 2.32. The van der Waals surface area contributed by atoms with Crippen LogP contribution in [-0.4, -0.2) is 49.6 Å². The molecule has 1 aliphatic heterocycles. The maximum Gasteiger partial charge on any atom is 0.325 e. The highest BCUT2D eigenvalue weighted by atomic mass is 16.5. The third-order valence-corrected chi connectivity index (χ3v) is 4.68. The molecule has 1 aliphatic rings. The number of nitrogens with zero attached hydrogens (tertiary/aromatic N) is 1. The Morgan fingerprint density at radius 3 is 2.36 bits per heavy atom. The summed E-state index contributed by atoms with van der Waals surface area (Å²) < 4.78 is 4.89. The van der Waals surface area contributed by atoms with Crippen LogP contribution in [0.3, 0.4) is 0 Å². The van der Waals surface area contributed by atoms with Crippen molar-refractivity contribution in [1.82, 2.24) is 15.5 Å². The monoisotopic (exact) mass is 381 g/mol. The molecule has 1 heterocycles. The predicted molar refractivity (Wildman–Crippen MR) is 103 cm³/mol. The van der Waals surface area contributed by atoms with Crippen LogP contribution in [0.25, 0.3) is 0 Å². The average molecular weight is 381 g/mol. The molecular formula is C21H23N3O4. The number of benzene rings is 2. The molecule has 1 unspecified atom stereocenters. The Kier molecular flexibility index (Phi) is 6.06. The number of carbonyl (C=O) groups excluding carboxylic acids is 3. The van der Waals surface area contributed by atoms with Crippen LogP contribution in [0, 0.1) is 0 Å². The normalized spacial score (nSPS) is 18.8. The van der Waals surface area contributed by atoms with Crippen LogP contribution in [0.1, 0.15) is 11.1 Å². The van der Waals surface area contributed by atoms with Crippen molar-refractivity contribution in [3.63, 3.8) is 0 Å². The van der Waals surface area contributed by atoms with E-state index in [4.69, 9.17) is 4.74 Å². The molecule has 2 N–H and O–H groups in total. The quantitative estimate of drug-likeness (QED) is 0.535. The first-order chi connectivity index (χ1) is 13.6. The van der Waals surface area contributed by atoms with Crippen LogP contribution in [0.15, 0.2) is 60.7 Å². The molecule has 7 nitrogen and oxygen atoms in total. The van der Waals surface area contributed by atoms with E-state index in [0.717, 1.165) is 10.5 Å². The van der Waals surface area contributed by atoms with Gasteiger partial charge in [0, 0.05) is 20.1 Å². The molecule has 1 saturated heterocycles. The van der Waals surface area contributed by atoms with E-state index < -0.39 is 23.4 Å². The Balaban J connectivity index is 1.87. The second-order valence-electron chi connectivity index (χ2n) is 6.60. The topological polar surface area (TPSA) is 87.7 Å². The molecule has 0 aromatic heterocycles. The van der Waals surface area contributed by atoms with E-state index in [1.165, 1.54) is 7.11 Å². The first-order valence-electron chi connectivity index (χ1n) is 9.06. The number of urea groups is 1. The van der Waals surface area contributed by atoms with Crippen LogP contribution in [-0.2, 0) is 26.3 Å². The van der Waals surface area contributed by atoms with E-state index in [1.807, 2.05) is 60.7 Å². The lowest BCUT2D eigenvalue weighted by Crippen LogP contribution is -2.47. The van der Waals surface area contributed by atoms with Gasteiger partial charge < -0.3 is 15.4 Å². The number of imide groups is 1. The molecular weight excluding hydrogens is 358 g/mol. The lowest BCUT2D eigenvalue weighted by atomic mass is 9.83. The summed E-state index contributed by atoms with van der Waals surface area (Å²) in [6, 6.07) is 18.0. The summed E-state index contributed by atoms with van der Waals surface area (Å²) in [4.78, 5) is 39.1. The molecule has 2 aromatic rings. The first-order valence-corrected chi connectivity index (χ1v) is 9.06. The lowest BCUT2D eigenvalue weighted by molar-refractivity contribution is -0.135. The Hall–Kier alpha value is -3.19. The van der Waals surface area contributed by atoms with Crippen molar-refractivity contribution in [1.29, 1.82) is 0 Å². The van der Waals surface area contributed by atoms with Crippen LogP contribution >= 0.6 is 0 Å². The van der Waals surface area contributed by atoms with Crippen LogP contribution in [0.5, 0.6) is 0 Å². The number of carbonyl (C=O) groups is 3. The highest BCUT2D eigenvalue weighted by molar-refractivity contribution is 6.09. The number of methoxy groups -OCH3 is 1. The molecule has 0 saturated carbocycles. The van der Waals surface area contributed by atoms with Gasteiger partial charge in [-0.05, 0) is 11.1 Å². The van der Waals surface area contributed by atoms with Crippen molar-refractivity contribution in [3.05, 3.63) is 71.8 Å². The summed E-state index contributed by atoms with van der Waals surface area (Å²) in [5.41, 5.74) is 0.345. The molecule has 7 heteroatoms. The Labute approximate surface area is 163 Å². The molecule has 0 spiro atoms. The zero-order valence-corrected chi connectivity index (χ0v) is 15.7. The Bertz CT molecular complexity index is 841. The molecule has 0 bridgehead atoms. The minimum absolute atomic E-state index is 0.296. The van der Waals surface area contributed by atoms with Crippen molar-refractivity contribution >= 4 is 17.8 Å². The van der Waals surface area contributed by atoms with Crippen molar-refractivity contribution < 1.29 is 19.1 Å². The number of rotatable bonds is 8. The summed E-state index contributed by atoms with van der Waals surface area (Å²) in [7, 11) is 1.53. The largest absolute Gasteiger partial charge is 0.383 e. The van der Waals surface area contributed by atoms with Gasteiger partial charge in [-0.25, -0.2) is 4.79 Å². The molecule has 2 aromatic carbocycles. The van der Waals surface area contributed by atoms with Crippen molar-refractivity contribution in [2.45, 2.75) is 12.0 Å². The summed E-state index contributed by atoms with van der Waals surface area (Å²) in [6.07, 6.45) is 0.296. The minimum atomic E-state index is -1.24. The lowest BCUT2D eigenvalue weighted by Gasteiger charge is -2.27. The van der Waals surface area contributed by atoms with E-state index in [9.17, 15) is 14.4 Å². The molecule has 4 amide bonds. The number of hydrogen-bond donors (Lipinski definition) is 2. The molecule has 28 heavy (non-hydrogen) atoms. The van der Waals surface area contributed by atoms with Crippen molar-refractivity contribution in [3.8, 4) is 0 Å². The molecule has 1 atom stereocenters. The third-order valence-electron chi connectivity index (χ3n) is 4.68. The van der Waals surface area contributed by atoms with Gasteiger partial charge in [0.05, 0.1) is 6.61 Å². The average Bonchev–Trinajstić information content (AvgIpc) is 2.95. The summed E-state index contributed by atoms with van der Waals surface area (Å²) in [6.45, 7) is 0.332. The fourth-order valence-corrected chi connectivity index (χ4v) is 3.30. The standard InChI is InChI=1S/C21H23N3O4/c1-28-13-12-22-18(25)15-24-19(26)21(23-20(24)27,17-10-6-3-7-11-17)14-16-8-4-2-5-9-16/h2-11H,12-15H2,1H3,(H,22,25)(H,23,27). The number of ether oxygens (including phenoxy) is 1. The maximum absolute atomic E-state index is 13.3. The predicted octanol–water partition coefficient (Wildman–Crippen LogP) is 1.44. The van der Waals surface area contributed by atoms with Gasteiger partial charge in [0.25, 0.3) is 5.91 Å². The van der Waals surface area contributed by atoms with Gasteiger partial charge in [0.2, 0.25) is 5.91 Å². The van der Waals surface area contributed by atoms with Crippen LogP contribution < -0.4 is 10.6 Å². The van der Waals surface area contributed by atoms with Gasteiger partial charge in [-0.1, -0.05) is 60.7 Å². The van der Waals surface area contributed by atoms with Crippen molar-refractivity contribution in [2.75, 3.05) is 26.8 Å². The first kappa shape index (κ1) is 19.6. The zero-order valence-electron chi connectivity index (χ0n) is 15.7. The van der Waals surface area contributed by atoms with Gasteiger partial charge >= 0.3 is 6.03 Å². The second kappa shape index (κ2) is 8.67. The number of hydrogen-bond acceptors (Lipinski definition) is 4. The smallest absolute Gasteiger partial charge is 0.325 e. The fourth-order valence-electron chi connectivity index (χ4n) is 3.30. The van der Waals surface area contributed by atoms with E-state index in [-0.39, 0.29) is 6.54 Å². The molecule has 146 valence electrons. The van der Waals surface area contributed by atoms with Crippen LogP contribution in [0.2, 0.25) is 0 Å².